The Balaban J connectivity index is 2.60. The molecule has 0 unspecified atom stereocenters. The Kier molecular flexibility index (Phi) is 8.84. The van der Waals surface area contributed by atoms with Crippen LogP contribution in [0.1, 0.15) is 32.6 Å². The van der Waals surface area contributed by atoms with Crippen LogP contribution < -0.4 is 0 Å². The fraction of sp³-hybridized carbons (Fsp3) is 1.00. The first kappa shape index (κ1) is 9.43. The van der Waals surface area contributed by atoms with Gasteiger partial charge in [0.25, 0.3) is 0 Å². The number of unbranched alkanes of at least 4 members (excludes halogenated alkanes) is 3. The summed E-state index contributed by atoms with van der Waals surface area (Å²) in [6.45, 7) is 4.57. The van der Waals surface area contributed by atoms with Gasteiger partial charge in [0.1, 0.15) is 0 Å². The van der Waals surface area contributed by atoms with E-state index in [4.69, 9.17) is 0 Å². The molecule has 0 aromatic carbocycles. The lowest BCUT2D eigenvalue weighted by molar-refractivity contribution is 0.701. The molecule has 0 atom stereocenters. The third kappa shape index (κ3) is 8.43. The van der Waals surface area contributed by atoms with E-state index in [1.807, 2.05) is 0 Å². The summed E-state index contributed by atoms with van der Waals surface area (Å²) in [6, 6.07) is 1.49. The van der Waals surface area contributed by atoms with Gasteiger partial charge in [-0.05, 0) is 0 Å². The summed E-state index contributed by atoms with van der Waals surface area (Å²) < 4.78 is 0. The average molecular weight is 156 g/mol. The van der Waals surface area contributed by atoms with Crippen molar-refractivity contribution >= 4 is 18.1 Å². The highest BCUT2D eigenvalue weighted by molar-refractivity contribution is 6.99. The van der Waals surface area contributed by atoms with Crippen LogP contribution in [0.5, 0.6) is 0 Å². The molecule has 0 nitrogen and oxygen atoms in total. The highest BCUT2D eigenvalue weighted by Crippen LogP contribution is 2.01. The van der Waals surface area contributed by atoms with Crippen molar-refractivity contribution in [2.75, 3.05) is 0 Å². The predicted molar refractivity (Wildman–Crippen MR) is 46.3 cm³/mol. The Morgan fingerprint density at radius 3 is 2.44 bits per heavy atom. The first-order valence-corrected chi connectivity index (χ1v) is 7.52. The lowest BCUT2D eigenvalue weighted by atomic mass is 10.2. The van der Waals surface area contributed by atoms with Gasteiger partial charge in [-0.3, -0.25) is 0 Å². The van der Waals surface area contributed by atoms with Gasteiger partial charge in [-0.15, -0.1) is 0 Å². The molecule has 2 heteroatoms. The number of hydrogen-bond donors (Lipinski definition) is 0. The van der Waals surface area contributed by atoms with Gasteiger partial charge in [0.2, 0.25) is 0 Å². The fourth-order valence-corrected chi connectivity index (χ4v) is 2.72. The number of rotatable bonds is 6. The third-order valence-electron chi connectivity index (χ3n) is 1.33. The Bertz CT molecular complexity index is 40.2. The molecule has 52 valence electrons. The maximum absolute atomic E-state index is 2.30. The van der Waals surface area contributed by atoms with Gasteiger partial charge in [-0.2, -0.15) is 0 Å². The van der Waals surface area contributed by atoms with Crippen LogP contribution in [-0.2, 0) is 0 Å². The molecule has 0 aromatic rings. The van der Waals surface area contributed by atoms with Crippen molar-refractivity contribution in [2.24, 2.45) is 0 Å². The zero-order valence-electron chi connectivity index (χ0n) is 6.54. The second kappa shape index (κ2) is 8.43. The van der Waals surface area contributed by atoms with Gasteiger partial charge >= 0.3 is 0 Å². The van der Waals surface area contributed by atoms with Crippen molar-refractivity contribution in [2.45, 2.75) is 45.2 Å². The normalized spacial score (nSPS) is 10.0. The molecule has 0 rings (SSSR count). The minimum Gasteiger partial charge on any atom is -0.0759 e. The molecule has 0 saturated carbocycles. The van der Waals surface area contributed by atoms with Gasteiger partial charge in [0.05, 0.1) is 0 Å². The summed E-state index contributed by atoms with van der Waals surface area (Å²) in [4.78, 5) is 0. The summed E-state index contributed by atoms with van der Waals surface area (Å²) in [5.74, 6) is 0. The van der Waals surface area contributed by atoms with Gasteiger partial charge in [-0.1, -0.05) is 45.2 Å². The zero-order chi connectivity index (χ0) is 6.95. The molecule has 0 saturated heterocycles. The van der Waals surface area contributed by atoms with Gasteiger partial charge in [-0.25, -0.2) is 0 Å². The lowest BCUT2D eigenvalue weighted by Crippen LogP contribution is -1.96. The summed E-state index contributed by atoms with van der Waals surface area (Å²) in [5.41, 5.74) is 0. The van der Waals surface area contributed by atoms with Crippen LogP contribution in [0.2, 0.25) is 12.6 Å². The van der Waals surface area contributed by atoms with Crippen LogP contribution in [0.25, 0.3) is 0 Å². The highest BCUT2D eigenvalue weighted by Gasteiger charge is 1.87. The molecular formula is C7H16Si2. The van der Waals surface area contributed by atoms with E-state index in [1.165, 1.54) is 49.8 Å². The van der Waals surface area contributed by atoms with Crippen LogP contribution in [0.4, 0.5) is 0 Å². The minimum atomic E-state index is 1.20. The summed E-state index contributed by atoms with van der Waals surface area (Å²) in [7, 11) is 2.45. The van der Waals surface area contributed by atoms with Crippen LogP contribution >= 0.6 is 0 Å². The van der Waals surface area contributed by atoms with E-state index in [9.17, 15) is 0 Å². The molecule has 9 heavy (non-hydrogen) atoms. The fourth-order valence-electron chi connectivity index (χ4n) is 0.765. The van der Waals surface area contributed by atoms with Crippen LogP contribution in [0, 0.1) is 0 Å². The average Bonchev–Trinajstić information content (AvgIpc) is 1.89. The second-order valence-electron chi connectivity index (χ2n) is 2.24. The van der Waals surface area contributed by atoms with E-state index < -0.39 is 0 Å². The predicted octanol–water partition coefficient (Wildman–Crippen LogP) is 2.36. The summed E-state index contributed by atoms with van der Waals surface area (Å²) >= 11 is 0. The first-order chi connectivity index (χ1) is 4.41. The second-order valence-corrected chi connectivity index (χ2v) is 6.15. The molecule has 0 aliphatic heterocycles. The van der Waals surface area contributed by atoms with E-state index >= 15 is 0 Å². The largest absolute Gasteiger partial charge is 0.0759 e. The Hall–Kier alpha value is 0.434. The highest BCUT2D eigenvalue weighted by atomic mass is 29.1. The van der Waals surface area contributed by atoms with Crippen molar-refractivity contribution in [1.82, 2.24) is 0 Å². The molecule has 0 aromatic heterocycles. The lowest BCUT2D eigenvalue weighted by Gasteiger charge is -1.94. The third-order valence-corrected chi connectivity index (χ3v) is 4.10. The van der Waals surface area contributed by atoms with E-state index in [2.05, 4.69) is 13.5 Å². The van der Waals surface area contributed by atoms with Crippen LogP contribution in [0.15, 0.2) is 0 Å². The molecule has 0 aliphatic rings. The maximum atomic E-state index is 2.30. The quantitative estimate of drug-likeness (QED) is 0.409. The van der Waals surface area contributed by atoms with E-state index in [1.54, 1.807) is 0 Å². The SMILES string of the molecule is CCCCCC[Si][Si]C. The van der Waals surface area contributed by atoms with Crippen LogP contribution in [0.3, 0.4) is 0 Å². The van der Waals surface area contributed by atoms with Crippen molar-refractivity contribution in [3.8, 4) is 0 Å². The van der Waals surface area contributed by atoms with E-state index in [-0.39, 0.29) is 0 Å². The maximum Gasteiger partial charge on any atom is 0.0219 e. The molecule has 0 aliphatic carbocycles. The Labute approximate surface area is 63.9 Å². The molecule has 0 bridgehead atoms. The minimum absolute atomic E-state index is 1.20. The summed E-state index contributed by atoms with van der Waals surface area (Å²) in [6.07, 6.45) is 5.76. The Morgan fingerprint density at radius 1 is 1.11 bits per heavy atom. The molecule has 0 heterocycles. The topological polar surface area (TPSA) is 0 Å². The van der Waals surface area contributed by atoms with Gasteiger partial charge in [0.15, 0.2) is 0 Å². The zero-order valence-corrected chi connectivity index (χ0v) is 8.54. The van der Waals surface area contributed by atoms with Gasteiger partial charge in [0, 0.05) is 18.1 Å². The molecule has 4 radical (unpaired) electrons. The Morgan fingerprint density at radius 2 is 1.89 bits per heavy atom. The van der Waals surface area contributed by atoms with Crippen molar-refractivity contribution < 1.29 is 0 Å². The van der Waals surface area contributed by atoms with Crippen LogP contribution in [-0.4, -0.2) is 18.1 Å². The van der Waals surface area contributed by atoms with E-state index in [0.717, 1.165) is 0 Å². The molecule has 0 amide bonds. The molecular weight excluding hydrogens is 140 g/mol. The van der Waals surface area contributed by atoms with Crippen molar-refractivity contribution in [3.63, 3.8) is 0 Å². The molecule has 0 spiro atoms. The molecule has 0 fully saturated rings. The van der Waals surface area contributed by atoms with Crippen molar-refractivity contribution in [1.29, 1.82) is 0 Å². The first-order valence-electron chi connectivity index (χ1n) is 3.81. The monoisotopic (exact) mass is 156 g/mol. The van der Waals surface area contributed by atoms with E-state index in [0.29, 0.717) is 0 Å². The molecule has 0 N–H and O–H groups in total. The van der Waals surface area contributed by atoms with Gasteiger partial charge < -0.3 is 0 Å². The smallest absolute Gasteiger partial charge is 0.0219 e. The van der Waals surface area contributed by atoms with Crippen molar-refractivity contribution in [3.05, 3.63) is 0 Å². The number of hydrogen-bond acceptors (Lipinski definition) is 0. The summed E-state index contributed by atoms with van der Waals surface area (Å²) in [5, 5.41) is 0. The standard InChI is InChI=1S/C7H16Si2/c1-3-4-5-6-7-9-8-2/h3-7H2,1-2H3.